The first-order chi connectivity index (χ1) is 11.2. The highest BCUT2D eigenvalue weighted by Crippen LogP contribution is 2.32. The topological polar surface area (TPSA) is 83.4 Å². The first-order valence-electron chi connectivity index (χ1n) is 7.98. The molecule has 0 aliphatic heterocycles. The van der Waals surface area contributed by atoms with Gasteiger partial charge in [0.2, 0.25) is 5.89 Å². The molecule has 0 amide bonds. The van der Waals surface area contributed by atoms with Crippen molar-refractivity contribution >= 4 is 0 Å². The maximum Gasteiger partial charge on any atom is 0.229 e. The summed E-state index contributed by atoms with van der Waals surface area (Å²) in [6, 6.07) is 6.05. The van der Waals surface area contributed by atoms with E-state index in [1.165, 1.54) is 0 Å². The lowest BCUT2D eigenvalue weighted by Gasteiger charge is -2.23. The van der Waals surface area contributed by atoms with Crippen molar-refractivity contribution in [3.05, 3.63) is 35.5 Å². The number of hydrogen-bond donors (Lipinski definition) is 1. The normalized spacial score (nSPS) is 21.2. The molecule has 1 heterocycles. The first-order valence-corrected chi connectivity index (χ1v) is 7.98. The maximum absolute atomic E-state index is 6.04. The van der Waals surface area contributed by atoms with E-state index in [1.54, 1.807) is 14.2 Å². The van der Waals surface area contributed by atoms with Gasteiger partial charge in [0.05, 0.1) is 14.2 Å². The van der Waals surface area contributed by atoms with Gasteiger partial charge >= 0.3 is 0 Å². The highest BCUT2D eigenvalue weighted by molar-refractivity contribution is 5.43. The Kier molecular flexibility index (Phi) is 4.81. The molecule has 2 unspecified atom stereocenters. The molecule has 0 radical (unpaired) electrons. The van der Waals surface area contributed by atoms with Crippen molar-refractivity contribution in [1.29, 1.82) is 0 Å². The standard InChI is InChI=1S/C17H23N3O3/c1-21-14-7-6-11(8-15(14)22-2)9-16-19-17(23-20-16)12-4-3-5-13(18)10-12/h6-8,12-13H,3-5,9-10,18H2,1-2H3. The minimum absolute atomic E-state index is 0.245. The van der Waals surface area contributed by atoms with Gasteiger partial charge in [-0.1, -0.05) is 17.6 Å². The molecule has 0 spiro atoms. The molecule has 2 aromatic rings. The molecule has 1 aromatic heterocycles. The van der Waals surface area contributed by atoms with Crippen LogP contribution in [0.1, 0.15) is 48.9 Å². The average molecular weight is 317 g/mol. The molecule has 1 aromatic carbocycles. The van der Waals surface area contributed by atoms with Crippen molar-refractivity contribution in [1.82, 2.24) is 10.1 Å². The van der Waals surface area contributed by atoms with Gasteiger partial charge < -0.3 is 19.7 Å². The zero-order valence-electron chi connectivity index (χ0n) is 13.6. The number of hydrogen-bond acceptors (Lipinski definition) is 6. The number of rotatable bonds is 5. The van der Waals surface area contributed by atoms with Crippen LogP contribution < -0.4 is 15.2 Å². The predicted molar refractivity (Wildman–Crippen MR) is 85.8 cm³/mol. The third kappa shape index (κ3) is 3.64. The van der Waals surface area contributed by atoms with E-state index in [0.29, 0.717) is 29.7 Å². The van der Waals surface area contributed by atoms with Crippen LogP contribution >= 0.6 is 0 Å². The molecule has 6 nitrogen and oxygen atoms in total. The van der Waals surface area contributed by atoms with Crippen molar-refractivity contribution in [2.75, 3.05) is 14.2 Å². The quantitative estimate of drug-likeness (QED) is 0.913. The molecule has 1 aliphatic rings. The number of aromatic nitrogens is 2. The van der Waals surface area contributed by atoms with Crippen LogP contribution in [-0.4, -0.2) is 30.4 Å². The molecule has 124 valence electrons. The highest BCUT2D eigenvalue weighted by atomic mass is 16.5. The fraction of sp³-hybridized carbons (Fsp3) is 0.529. The molecule has 1 aliphatic carbocycles. The molecule has 2 atom stereocenters. The van der Waals surface area contributed by atoms with Gasteiger partial charge in [-0.15, -0.1) is 0 Å². The molecule has 6 heteroatoms. The third-order valence-corrected chi connectivity index (χ3v) is 4.36. The Morgan fingerprint density at radius 3 is 2.78 bits per heavy atom. The van der Waals surface area contributed by atoms with E-state index >= 15 is 0 Å². The Bertz CT molecular complexity index is 656. The Balaban J connectivity index is 1.71. The van der Waals surface area contributed by atoms with Crippen LogP contribution in [0.2, 0.25) is 0 Å². The van der Waals surface area contributed by atoms with Gasteiger partial charge in [0.15, 0.2) is 17.3 Å². The summed E-state index contributed by atoms with van der Waals surface area (Å²) in [6.07, 6.45) is 4.81. The van der Waals surface area contributed by atoms with Gasteiger partial charge in [0.1, 0.15) is 0 Å². The fourth-order valence-corrected chi connectivity index (χ4v) is 3.13. The molecule has 0 saturated heterocycles. The van der Waals surface area contributed by atoms with E-state index in [1.807, 2.05) is 18.2 Å². The zero-order chi connectivity index (χ0) is 16.2. The van der Waals surface area contributed by atoms with Crippen LogP contribution in [-0.2, 0) is 6.42 Å². The van der Waals surface area contributed by atoms with Crippen molar-refractivity contribution in [2.45, 2.75) is 44.1 Å². The monoisotopic (exact) mass is 317 g/mol. The number of benzene rings is 1. The fourth-order valence-electron chi connectivity index (χ4n) is 3.13. The van der Waals surface area contributed by atoms with Crippen molar-refractivity contribution in [3.8, 4) is 11.5 Å². The summed E-state index contributed by atoms with van der Waals surface area (Å²) in [5.41, 5.74) is 7.09. The summed E-state index contributed by atoms with van der Waals surface area (Å²) < 4.78 is 16.0. The summed E-state index contributed by atoms with van der Waals surface area (Å²) >= 11 is 0. The first kappa shape index (κ1) is 15.8. The van der Waals surface area contributed by atoms with Crippen molar-refractivity contribution in [3.63, 3.8) is 0 Å². The number of nitrogens with two attached hydrogens (primary N) is 1. The zero-order valence-corrected chi connectivity index (χ0v) is 13.6. The number of nitrogens with zero attached hydrogens (tertiary/aromatic N) is 2. The molecule has 3 rings (SSSR count). The molecule has 0 bridgehead atoms. The molecule has 2 N–H and O–H groups in total. The average Bonchev–Trinajstić information content (AvgIpc) is 3.03. The smallest absolute Gasteiger partial charge is 0.229 e. The van der Waals surface area contributed by atoms with E-state index in [9.17, 15) is 0 Å². The minimum atomic E-state index is 0.245. The number of ether oxygens (including phenoxy) is 2. The Morgan fingerprint density at radius 2 is 2.04 bits per heavy atom. The van der Waals surface area contributed by atoms with Gasteiger partial charge in [0.25, 0.3) is 0 Å². The van der Waals surface area contributed by atoms with E-state index in [4.69, 9.17) is 19.7 Å². The summed E-state index contributed by atoms with van der Waals surface area (Å²) in [6.45, 7) is 0. The molecular formula is C17H23N3O3. The predicted octanol–water partition coefficient (Wildman–Crippen LogP) is 2.66. The highest BCUT2D eigenvalue weighted by Gasteiger charge is 2.25. The number of methoxy groups -OCH3 is 2. The van der Waals surface area contributed by atoms with Gasteiger partial charge in [-0.05, 0) is 37.0 Å². The molecule has 1 fully saturated rings. The summed E-state index contributed by atoms with van der Waals surface area (Å²) in [7, 11) is 3.25. The second kappa shape index (κ2) is 7.00. The SMILES string of the molecule is COc1ccc(Cc2noc(C3CCCC(N)C3)n2)cc1OC. The van der Waals surface area contributed by atoms with Crippen LogP contribution in [0.25, 0.3) is 0 Å². The Morgan fingerprint density at radius 1 is 1.22 bits per heavy atom. The van der Waals surface area contributed by atoms with Gasteiger partial charge in [-0.3, -0.25) is 0 Å². The maximum atomic E-state index is 6.04. The van der Waals surface area contributed by atoms with E-state index in [2.05, 4.69) is 10.1 Å². The summed E-state index contributed by atoms with van der Waals surface area (Å²) in [4.78, 5) is 4.56. The lowest BCUT2D eigenvalue weighted by Crippen LogP contribution is -2.26. The van der Waals surface area contributed by atoms with Gasteiger partial charge in [-0.25, -0.2) is 0 Å². The minimum Gasteiger partial charge on any atom is -0.493 e. The molecular weight excluding hydrogens is 294 g/mol. The Labute approximate surface area is 136 Å². The van der Waals surface area contributed by atoms with Crippen molar-refractivity contribution in [2.24, 2.45) is 5.73 Å². The Hall–Kier alpha value is -2.08. The van der Waals surface area contributed by atoms with Crippen molar-refractivity contribution < 1.29 is 14.0 Å². The lowest BCUT2D eigenvalue weighted by atomic mass is 9.86. The van der Waals surface area contributed by atoms with E-state index in [-0.39, 0.29) is 6.04 Å². The largest absolute Gasteiger partial charge is 0.493 e. The molecule has 23 heavy (non-hydrogen) atoms. The molecule has 1 saturated carbocycles. The van der Waals surface area contributed by atoms with Crippen LogP contribution in [0.5, 0.6) is 11.5 Å². The second-order valence-corrected chi connectivity index (χ2v) is 6.04. The lowest BCUT2D eigenvalue weighted by molar-refractivity contribution is 0.297. The van der Waals surface area contributed by atoms with Crippen LogP contribution in [0, 0.1) is 0 Å². The van der Waals surface area contributed by atoms with E-state index in [0.717, 1.165) is 37.1 Å². The second-order valence-electron chi connectivity index (χ2n) is 6.04. The third-order valence-electron chi connectivity index (χ3n) is 4.36. The van der Waals surface area contributed by atoms with Gasteiger partial charge in [0, 0.05) is 18.4 Å². The van der Waals surface area contributed by atoms with Crippen LogP contribution in [0.15, 0.2) is 22.7 Å². The van der Waals surface area contributed by atoms with Gasteiger partial charge in [-0.2, -0.15) is 4.98 Å². The van der Waals surface area contributed by atoms with Crippen LogP contribution in [0.4, 0.5) is 0 Å². The summed E-state index contributed by atoms with van der Waals surface area (Å²) in [5, 5.41) is 4.11. The summed E-state index contributed by atoms with van der Waals surface area (Å²) in [5.74, 6) is 3.11. The van der Waals surface area contributed by atoms with E-state index < -0.39 is 0 Å². The van der Waals surface area contributed by atoms with Crippen LogP contribution in [0.3, 0.4) is 0 Å².